The van der Waals surface area contributed by atoms with E-state index >= 15 is 0 Å². The number of hydrogen-bond donors (Lipinski definition) is 3. The van der Waals surface area contributed by atoms with Crippen LogP contribution in [-0.2, 0) is 4.74 Å². The second kappa shape index (κ2) is 6.90. The van der Waals surface area contributed by atoms with Crippen molar-refractivity contribution in [3.63, 3.8) is 0 Å². The number of methoxy groups -OCH3 is 1. The van der Waals surface area contributed by atoms with Gasteiger partial charge in [-0.05, 0) is 13.3 Å². The van der Waals surface area contributed by atoms with Crippen molar-refractivity contribution in [1.82, 2.24) is 9.97 Å². The van der Waals surface area contributed by atoms with E-state index in [1.807, 2.05) is 13.0 Å². The number of nitrogens with two attached hydrogens (primary N) is 1. The Morgan fingerprint density at radius 2 is 2.12 bits per heavy atom. The molecule has 17 heavy (non-hydrogen) atoms. The van der Waals surface area contributed by atoms with E-state index < -0.39 is 0 Å². The van der Waals surface area contributed by atoms with Crippen molar-refractivity contribution in [2.45, 2.75) is 26.3 Å². The van der Waals surface area contributed by atoms with E-state index in [9.17, 15) is 0 Å². The molecule has 6 nitrogen and oxygen atoms in total. The molecule has 0 aliphatic heterocycles. The van der Waals surface area contributed by atoms with Crippen molar-refractivity contribution in [2.24, 2.45) is 0 Å². The first-order valence-electron chi connectivity index (χ1n) is 5.79. The Labute approximate surface area is 102 Å². The highest BCUT2D eigenvalue weighted by Crippen LogP contribution is 2.13. The molecule has 0 saturated heterocycles. The first-order chi connectivity index (χ1) is 8.15. The number of rotatable bonds is 7. The smallest absolute Gasteiger partial charge is 0.223 e. The van der Waals surface area contributed by atoms with Gasteiger partial charge in [0, 0.05) is 25.8 Å². The molecule has 0 aromatic carbocycles. The van der Waals surface area contributed by atoms with Crippen molar-refractivity contribution in [1.29, 1.82) is 0 Å². The average molecular weight is 239 g/mol. The first-order valence-corrected chi connectivity index (χ1v) is 5.79. The van der Waals surface area contributed by atoms with E-state index in [4.69, 9.17) is 10.5 Å². The quantitative estimate of drug-likeness (QED) is 0.665. The lowest BCUT2D eigenvalue weighted by Gasteiger charge is -2.14. The molecular weight excluding hydrogens is 218 g/mol. The van der Waals surface area contributed by atoms with Crippen LogP contribution in [0.4, 0.5) is 17.6 Å². The second-order valence-corrected chi connectivity index (χ2v) is 3.92. The summed E-state index contributed by atoms with van der Waals surface area (Å²) in [5.74, 6) is 1.71. The maximum absolute atomic E-state index is 5.65. The van der Waals surface area contributed by atoms with E-state index in [-0.39, 0.29) is 12.0 Å². The molecule has 0 spiro atoms. The molecule has 0 fully saturated rings. The van der Waals surface area contributed by atoms with Crippen LogP contribution in [0.1, 0.15) is 20.3 Å². The van der Waals surface area contributed by atoms with Crippen molar-refractivity contribution >= 4 is 17.6 Å². The Balaban J connectivity index is 2.67. The van der Waals surface area contributed by atoms with E-state index in [1.54, 1.807) is 7.11 Å². The largest absolute Gasteiger partial charge is 0.383 e. The fourth-order valence-electron chi connectivity index (χ4n) is 1.43. The van der Waals surface area contributed by atoms with Gasteiger partial charge in [0.05, 0.1) is 6.61 Å². The minimum Gasteiger partial charge on any atom is -0.383 e. The summed E-state index contributed by atoms with van der Waals surface area (Å²) in [7, 11) is 1.67. The first kappa shape index (κ1) is 13.5. The Bertz CT molecular complexity index is 345. The minimum atomic E-state index is 0.174. The predicted molar refractivity (Wildman–Crippen MR) is 70.2 cm³/mol. The van der Waals surface area contributed by atoms with E-state index in [1.165, 1.54) is 0 Å². The number of nitrogens with one attached hydrogen (secondary N) is 2. The molecule has 0 saturated carbocycles. The predicted octanol–water partition coefficient (Wildman–Crippen LogP) is 1.33. The second-order valence-electron chi connectivity index (χ2n) is 3.92. The molecule has 0 radical (unpaired) electrons. The molecule has 0 amide bonds. The highest BCUT2D eigenvalue weighted by Gasteiger charge is 2.05. The van der Waals surface area contributed by atoms with Gasteiger partial charge in [0.15, 0.2) is 0 Å². The molecule has 0 aliphatic carbocycles. The molecule has 1 atom stereocenters. The van der Waals surface area contributed by atoms with Crippen LogP contribution in [-0.4, -0.2) is 36.3 Å². The molecule has 4 N–H and O–H groups in total. The lowest BCUT2D eigenvalue weighted by atomic mass is 10.3. The van der Waals surface area contributed by atoms with Crippen LogP contribution >= 0.6 is 0 Å². The molecule has 96 valence electrons. The summed E-state index contributed by atoms with van der Waals surface area (Å²) in [5.41, 5.74) is 5.65. The fraction of sp³-hybridized carbons (Fsp3) is 0.636. The number of nitrogens with zero attached hydrogens (tertiary/aromatic N) is 2. The van der Waals surface area contributed by atoms with E-state index in [2.05, 4.69) is 27.5 Å². The van der Waals surface area contributed by atoms with E-state index in [0.717, 1.165) is 18.8 Å². The lowest BCUT2D eigenvalue weighted by molar-refractivity contribution is 0.190. The lowest BCUT2D eigenvalue weighted by Crippen LogP contribution is -2.22. The molecule has 1 heterocycles. The van der Waals surface area contributed by atoms with Gasteiger partial charge in [0.1, 0.15) is 11.6 Å². The Hall–Kier alpha value is -1.56. The normalized spacial score (nSPS) is 12.2. The van der Waals surface area contributed by atoms with Gasteiger partial charge < -0.3 is 21.1 Å². The zero-order chi connectivity index (χ0) is 12.7. The number of anilines is 3. The van der Waals surface area contributed by atoms with Gasteiger partial charge in [0.2, 0.25) is 5.95 Å². The standard InChI is InChI=1S/C11H21N5O/c1-4-5-13-9-6-10(16-11(12)15-9)14-8(2)7-17-3/h6,8H,4-5,7H2,1-3H3,(H4,12,13,14,15,16). The summed E-state index contributed by atoms with van der Waals surface area (Å²) < 4.78 is 5.05. The molecule has 0 bridgehead atoms. The van der Waals surface area contributed by atoms with Crippen LogP contribution in [0.15, 0.2) is 6.07 Å². The van der Waals surface area contributed by atoms with Crippen LogP contribution < -0.4 is 16.4 Å². The van der Waals surface area contributed by atoms with E-state index in [0.29, 0.717) is 12.4 Å². The van der Waals surface area contributed by atoms with Crippen LogP contribution in [0.25, 0.3) is 0 Å². The van der Waals surface area contributed by atoms with Crippen LogP contribution in [0.5, 0.6) is 0 Å². The van der Waals surface area contributed by atoms with Crippen LogP contribution in [0, 0.1) is 0 Å². The summed E-state index contributed by atoms with van der Waals surface area (Å²) in [5, 5.41) is 6.38. The SMILES string of the molecule is CCCNc1cc(NC(C)COC)nc(N)n1. The summed E-state index contributed by atoms with van der Waals surface area (Å²) in [6.45, 7) is 5.59. The highest BCUT2D eigenvalue weighted by molar-refractivity contribution is 5.51. The van der Waals surface area contributed by atoms with Crippen molar-refractivity contribution < 1.29 is 4.74 Å². The molecule has 1 rings (SSSR count). The summed E-state index contributed by atoms with van der Waals surface area (Å²) in [6, 6.07) is 2.02. The van der Waals surface area contributed by atoms with Gasteiger partial charge >= 0.3 is 0 Å². The van der Waals surface area contributed by atoms with Crippen molar-refractivity contribution in [2.75, 3.05) is 36.6 Å². The minimum absolute atomic E-state index is 0.174. The van der Waals surface area contributed by atoms with Gasteiger partial charge in [0.25, 0.3) is 0 Å². The monoisotopic (exact) mass is 239 g/mol. The number of ether oxygens (including phenoxy) is 1. The summed E-state index contributed by atoms with van der Waals surface area (Å²) >= 11 is 0. The molecule has 1 aromatic heterocycles. The number of nitrogen functional groups attached to an aromatic ring is 1. The molecule has 0 aliphatic rings. The molecule has 1 unspecified atom stereocenters. The molecule has 1 aromatic rings. The van der Waals surface area contributed by atoms with Crippen LogP contribution in [0.2, 0.25) is 0 Å². The fourth-order valence-corrected chi connectivity index (χ4v) is 1.43. The topological polar surface area (TPSA) is 85.1 Å². The summed E-state index contributed by atoms with van der Waals surface area (Å²) in [4.78, 5) is 8.23. The third-order valence-electron chi connectivity index (χ3n) is 2.11. The van der Waals surface area contributed by atoms with Gasteiger partial charge in [-0.2, -0.15) is 9.97 Å². The van der Waals surface area contributed by atoms with Gasteiger partial charge in [-0.1, -0.05) is 6.92 Å². The zero-order valence-corrected chi connectivity index (χ0v) is 10.7. The summed E-state index contributed by atoms with van der Waals surface area (Å²) in [6.07, 6.45) is 1.03. The molecular formula is C11H21N5O. The maximum Gasteiger partial charge on any atom is 0.223 e. The van der Waals surface area contributed by atoms with Gasteiger partial charge in [-0.3, -0.25) is 0 Å². The number of hydrogen-bond acceptors (Lipinski definition) is 6. The Kier molecular flexibility index (Phi) is 5.48. The highest BCUT2D eigenvalue weighted by atomic mass is 16.5. The van der Waals surface area contributed by atoms with Crippen LogP contribution in [0.3, 0.4) is 0 Å². The third kappa shape index (κ3) is 4.86. The average Bonchev–Trinajstić information content (AvgIpc) is 2.25. The zero-order valence-electron chi connectivity index (χ0n) is 10.7. The maximum atomic E-state index is 5.65. The Morgan fingerprint density at radius 3 is 2.76 bits per heavy atom. The van der Waals surface area contributed by atoms with Crippen molar-refractivity contribution in [3.8, 4) is 0 Å². The number of aromatic nitrogens is 2. The molecule has 6 heteroatoms. The Morgan fingerprint density at radius 1 is 1.41 bits per heavy atom. The van der Waals surface area contributed by atoms with Crippen molar-refractivity contribution in [3.05, 3.63) is 6.07 Å². The van der Waals surface area contributed by atoms with Gasteiger partial charge in [-0.25, -0.2) is 0 Å². The van der Waals surface area contributed by atoms with Gasteiger partial charge in [-0.15, -0.1) is 0 Å². The third-order valence-corrected chi connectivity index (χ3v) is 2.11.